The van der Waals surface area contributed by atoms with Crippen LogP contribution in [0.25, 0.3) is 0 Å². The lowest BCUT2D eigenvalue weighted by Gasteiger charge is -2.14. The van der Waals surface area contributed by atoms with E-state index in [1.54, 1.807) is 0 Å². The van der Waals surface area contributed by atoms with E-state index in [1.807, 2.05) is 25.1 Å². The molecule has 2 rings (SSSR count). The average Bonchev–Trinajstić information content (AvgIpc) is 2.85. The Bertz CT molecular complexity index is 546. The van der Waals surface area contributed by atoms with E-state index in [2.05, 4.69) is 21.2 Å². The van der Waals surface area contributed by atoms with E-state index in [0.29, 0.717) is 18.8 Å². The lowest BCUT2D eigenvalue weighted by atomic mass is 9.99. The van der Waals surface area contributed by atoms with Gasteiger partial charge in [0.05, 0.1) is 5.92 Å². The Kier molecular flexibility index (Phi) is 5.22. The predicted molar refractivity (Wildman–Crippen MR) is 81.4 cm³/mol. The van der Waals surface area contributed by atoms with Crippen LogP contribution >= 0.6 is 15.9 Å². The summed E-state index contributed by atoms with van der Waals surface area (Å²) >= 11 is 3.38. The van der Waals surface area contributed by atoms with Gasteiger partial charge in [0.2, 0.25) is 5.91 Å². The lowest BCUT2D eigenvalue weighted by molar-refractivity contribution is -0.142. The first kappa shape index (κ1) is 15.8. The van der Waals surface area contributed by atoms with Crippen LogP contribution in [0.2, 0.25) is 0 Å². The molecule has 0 saturated carbocycles. The van der Waals surface area contributed by atoms with E-state index in [1.165, 1.54) is 0 Å². The number of aliphatic carboxylic acids is 1. The largest absolute Gasteiger partial charge is 0.492 e. The van der Waals surface area contributed by atoms with Crippen LogP contribution in [-0.4, -0.2) is 30.1 Å². The highest BCUT2D eigenvalue weighted by Crippen LogP contribution is 2.35. The second-order valence-corrected chi connectivity index (χ2v) is 6.03. The smallest absolute Gasteiger partial charge is 0.308 e. The molecule has 0 bridgehead atoms. The third-order valence-electron chi connectivity index (χ3n) is 3.58. The number of rotatable bonds is 6. The van der Waals surface area contributed by atoms with Crippen molar-refractivity contribution in [3.63, 3.8) is 0 Å². The zero-order chi connectivity index (χ0) is 15.4. The second-order valence-electron chi connectivity index (χ2n) is 5.11. The molecule has 0 saturated heterocycles. The molecule has 0 radical (unpaired) electrons. The van der Waals surface area contributed by atoms with Crippen molar-refractivity contribution >= 4 is 27.8 Å². The van der Waals surface area contributed by atoms with Crippen molar-refractivity contribution < 1.29 is 19.4 Å². The van der Waals surface area contributed by atoms with Crippen LogP contribution in [0.5, 0.6) is 5.75 Å². The fraction of sp³-hybridized carbons (Fsp3) is 0.467. The summed E-state index contributed by atoms with van der Waals surface area (Å²) in [5, 5.41) is 11.8. The van der Waals surface area contributed by atoms with E-state index in [4.69, 9.17) is 9.84 Å². The van der Waals surface area contributed by atoms with Crippen molar-refractivity contribution in [1.82, 2.24) is 5.32 Å². The number of carboxylic acids is 1. The zero-order valence-corrected chi connectivity index (χ0v) is 13.4. The molecule has 0 aliphatic carbocycles. The van der Waals surface area contributed by atoms with Crippen molar-refractivity contribution in [3.8, 4) is 5.75 Å². The first-order valence-corrected chi connectivity index (χ1v) is 7.75. The molecule has 5 nitrogen and oxygen atoms in total. The molecule has 114 valence electrons. The molecule has 2 N–H and O–H groups in total. The lowest BCUT2D eigenvalue weighted by Crippen LogP contribution is -2.36. The van der Waals surface area contributed by atoms with Crippen LogP contribution in [-0.2, 0) is 9.59 Å². The SMILES string of the molecule is CCCC(CNC(=O)C1COc2ccc(Br)cc21)C(=O)O. The normalized spacial score (nSPS) is 17.7. The first-order chi connectivity index (χ1) is 10.0. The highest BCUT2D eigenvalue weighted by atomic mass is 79.9. The molecule has 21 heavy (non-hydrogen) atoms. The maximum atomic E-state index is 12.3. The summed E-state index contributed by atoms with van der Waals surface area (Å²) in [5.41, 5.74) is 0.837. The van der Waals surface area contributed by atoms with E-state index < -0.39 is 11.9 Å². The first-order valence-electron chi connectivity index (χ1n) is 6.95. The van der Waals surface area contributed by atoms with Crippen LogP contribution in [0.3, 0.4) is 0 Å². The minimum absolute atomic E-state index is 0.155. The van der Waals surface area contributed by atoms with Crippen molar-refractivity contribution in [3.05, 3.63) is 28.2 Å². The Morgan fingerprint density at radius 3 is 2.95 bits per heavy atom. The topological polar surface area (TPSA) is 75.6 Å². The molecule has 0 aromatic heterocycles. The van der Waals surface area contributed by atoms with Crippen LogP contribution in [0.15, 0.2) is 22.7 Å². The molecule has 0 spiro atoms. The van der Waals surface area contributed by atoms with Crippen molar-refractivity contribution in [2.45, 2.75) is 25.7 Å². The molecule has 1 heterocycles. The van der Waals surface area contributed by atoms with Crippen LogP contribution < -0.4 is 10.1 Å². The maximum absolute atomic E-state index is 12.3. The monoisotopic (exact) mass is 355 g/mol. The van der Waals surface area contributed by atoms with Gasteiger partial charge in [-0.1, -0.05) is 29.3 Å². The van der Waals surface area contributed by atoms with Gasteiger partial charge in [0, 0.05) is 16.6 Å². The highest BCUT2D eigenvalue weighted by Gasteiger charge is 2.31. The third kappa shape index (κ3) is 3.75. The highest BCUT2D eigenvalue weighted by molar-refractivity contribution is 9.10. The minimum Gasteiger partial charge on any atom is -0.492 e. The zero-order valence-electron chi connectivity index (χ0n) is 11.8. The van der Waals surface area contributed by atoms with Crippen molar-refractivity contribution in [2.75, 3.05) is 13.2 Å². The van der Waals surface area contributed by atoms with E-state index in [0.717, 1.165) is 16.5 Å². The summed E-state index contributed by atoms with van der Waals surface area (Å²) < 4.78 is 6.38. The fourth-order valence-electron chi connectivity index (χ4n) is 2.41. The molecule has 1 aliphatic heterocycles. The van der Waals surface area contributed by atoms with E-state index in [-0.39, 0.29) is 18.4 Å². The number of fused-ring (bicyclic) bond motifs is 1. The van der Waals surface area contributed by atoms with Gasteiger partial charge in [-0.15, -0.1) is 0 Å². The number of benzene rings is 1. The average molecular weight is 356 g/mol. The fourth-order valence-corrected chi connectivity index (χ4v) is 2.79. The molecular formula is C15H18BrNO4. The molecule has 1 aromatic carbocycles. The number of hydrogen-bond donors (Lipinski definition) is 2. The molecule has 1 aliphatic rings. The van der Waals surface area contributed by atoms with Crippen molar-refractivity contribution in [2.24, 2.45) is 5.92 Å². The van der Waals surface area contributed by atoms with Gasteiger partial charge in [-0.3, -0.25) is 9.59 Å². The van der Waals surface area contributed by atoms with Crippen molar-refractivity contribution in [1.29, 1.82) is 0 Å². The number of amides is 1. The predicted octanol–water partition coefficient (Wildman–Crippen LogP) is 2.54. The number of nitrogens with one attached hydrogen (secondary N) is 1. The van der Waals surface area contributed by atoms with E-state index >= 15 is 0 Å². The Labute approximate surface area is 131 Å². The van der Waals surface area contributed by atoms with E-state index in [9.17, 15) is 9.59 Å². The number of hydrogen-bond acceptors (Lipinski definition) is 3. The summed E-state index contributed by atoms with van der Waals surface area (Å²) in [5.74, 6) is -1.27. The second kappa shape index (κ2) is 6.93. The van der Waals surface area contributed by atoms with Gasteiger partial charge >= 0.3 is 5.97 Å². The van der Waals surface area contributed by atoms with Gasteiger partial charge in [-0.05, 0) is 24.6 Å². The Balaban J connectivity index is 1.99. The van der Waals surface area contributed by atoms with Gasteiger partial charge in [-0.2, -0.15) is 0 Å². The number of carboxylic acid groups (broad SMARTS) is 1. The molecule has 2 atom stereocenters. The molecule has 1 aromatic rings. The summed E-state index contributed by atoms with van der Waals surface area (Å²) in [7, 11) is 0. The van der Waals surface area contributed by atoms with Crippen LogP contribution in [0.4, 0.5) is 0 Å². The Morgan fingerprint density at radius 1 is 1.52 bits per heavy atom. The molecular weight excluding hydrogens is 338 g/mol. The summed E-state index contributed by atoms with van der Waals surface area (Å²) in [4.78, 5) is 23.3. The quantitative estimate of drug-likeness (QED) is 0.822. The van der Waals surface area contributed by atoms with Gasteiger partial charge in [0.25, 0.3) is 0 Å². The standard InChI is InChI=1S/C15H18BrNO4/c1-2-3-9(15(19)20)7-17-14(18)12-8-21-13-5-4-10(16)6-11(12)13/h4-6,9,12H,2-3,7-8H2,1H3,(H,17,18)(H,19,20). The minimum atomic E-state index is -0.872. The van der Waals surface area contributed by atoms with Gasteiger partial charge < -0.3 is 15.2 Å². The molecule has 1 amide bonds. The third-order valence-corrected chi connectivity index (χ3v) is 4.07. The molecule has 6 heteroatoms. The number of carbonyl (C=O) groups excluding carboxylic acids is 1. The molecule has 0 fully saturated rings. The van der Waals surface area contributed by atoms with Gasteiger partial charge in [-0.25, -0.2) is 0 Å². The van der Waals surface area contributed by atoms with Crippen LogP contribution in [0, 0.1) is 5.92 Å². The number of ether oxygens (including phenoxy) is 1. The van der Waals surface area contributed by atoms with Crippen LogP contribution in [0.1, 0.15) is 31.2 Å². The Hall–Kier alpha value is -1.56. The van der Waals surface area contributed by atoms with Gasteiger partial charge in [0.15, 0.2) is 0 Å². The summed E-state index contributed by atoms with van der Waals surface area (Å²) in [6.45, 7) is 2.38. The number of carbonyl (C=O) groups is 2. The summed E-state index contributed by atoms with van der Waals surface area (Å²) in [6, 6.07) is 5.55. The number of halogens is 1. The summed E-state index contributed by atoms with van der Waals surface area (Å²) in [6.07, 6.45) is 1.33. The Morgan fingerprint density at radius 2 is 2.29 bits per heavy atom. The van der Waals surface area contributed by atoms with Gasteiger partial charge in [0.1, 0.15) is 18.3 Å². The maximum Gasteiger partial charge on any atom is 0.308 e. The molecule has 2 unspecified atom stereocenters.